The van der Waals surface area contributed by atoms with Gasteiger partial charge in [-0.25, -0.2) is 4.39 Å². The Morgan fingerprint density at radius 2 is 1.75 bits per heavy atom. The van der Waals surface area contributed by atoms with Crippen LogP contribution >= 0.6 is 0 Å². The van der Waals surface area contributed by atoms with Crippen LogP contribution in [-0.2, 0) is 0 Å². The van der Waals surface area contributed by atoms with Crippen molar-refractivity contribution in [2.75, 3.05) is 45.9 Å². The summed E-state index contributed by atoms with van der Waals surface area (Å²) in [7, 11) is 0. The van der Waals surface area contributed by atoms with Gasteiger partial charge in [-0.15, -0.1) is 0 Å². The van der Waals surface area contributed by atoms with Crippen molar-refractivity contribution in [3.05, 3.63) is 59.9 Å². The standard InChI is InChI=1S/C22H27FN2O3/c1-2-27-20-7-9-21(10-8-20)28-16-15-24-11-4-12-25(14-13-24)22(26)18-5-3-6-19(23)17-18/h3,5-10,17H,2,4,11-16H2,1H3. The number of rotatable bonds is 7. The van der Waals surface area contributed by atoms with Crippen molar-refractivity contribution in [1.82, 2.24) is 9.80 Å². The van der Waals surface area contributed by atoms with Crippen molar-refractivity contribution in [3.63, 3.8) is 0 Å². The second kappa shape index (κ2) is 10.1. The maximum absolute atomic E-state index is 13.4. The zero-order chi connectivity index (χ0) is 19.8. The first-order valence-electron chi connectivity index (χ1n) is 9.78. The Hall–Kier alpha value is -2.60. The van der Waals surface area contributed by atoms with Gasteiger partial charge in [0.15, 0.2) is 0 Å². The molecule has 1 amide bonds. The summed E-state index contributed by atoms with van der Waals surface area (Å²) in [6.45, 7) is 7.02. The number of nitrogens with zero attached hydrogens (tertiary/aromatic N) is 2. The first-order chi connectivity index (χ1) is 13.7. The first-order valence-corrected chi connectivity index (χ1v) is 9.78. The largest absolute Gasteiger partial charge is 0.494 e. The summed E-state index contributed by atoms with van der Waals surface area (Å²) in [4.78, 5) is 16.7. The number of carbonyl (C=O) groups excluding carboxylic acids is 1. The van der Waals surface area contributed by atoms with E-state index in [1.165, 1.54) is 12.1 Å². The molecule has 5 nitrogen and oxygen atoms in total. The highest BCUT2D eigenvalue weighted by Crippen LogP contribution is 2.17. The summed E-state index contributed by atoms with van der Waals surface area (Å²) in [5, 5.41) is 0. The van der Waals surface area contributed by atoms with Gasteiger partial charge >= 0.3 is 0 Å². The molecule has 0 saturated carbocycles. The molecule has 28 heavy (non-hydrogen) atoms. The normalized spacial score (nSPS) is 15.1. The van der Waals surface area contributed by atoms with Crippen LogP contribution in [0.2, 0.25) is 0 Å². The van der Waals surface area contributed by atoms with Gasteiger partial charge in [-0.05, 0) is 55.8 Å². The molecule has 6 heteroatoms. The molecular formula is C22H27FN2O3. The first kappa shape index (κ1) is 20.1. The molecule has 0 atom stereocenters. The molecule has 1 saturated heterocycles. The van der Waals surface area contributed by atoms with Crippen molar-refractivity contribution in [2.45, 2.75) is 13.3 Å². The molecule has 0 spiro atoms. The quantitative estimate of drug-likeness (QED) is 0.731. The smallest absolute Gasteiger partial charge is 0.254 e. The van der Waals surface area contributed by atoms with Crippen molar-refractivity contribution < 1.29 is 18.7 Å². The van der Waals surface area contributed by atoms with Gasteiger partial charge in [0.25, 0.3) is 5.91 Å². The average molecular weight is 386 g/mol. The number of carbonyl (C=O) groups is 1. The molecule has 0 aromatic heterocycles. The molecule has 0 aliphatic carbocycles. The van der Waals surface area contributed by atoms with E-state index in [4.69, 9.17) is 9.47 Å². The van der Waals surface area contributed by atoms with Gasteiger partial charge in [-0.2, -0.15) is 0 Å². The van der Waals surface area contributed by atoms with E-state index in [0.29, 0.717) is 31.9 Å². The third kappa shape index (κ3) is 5.70. The molecule has 1 heterocycles. The maximum Gasteiger partial charge on any atom is 0.254 e. The highest BCUT2D eigenvalue weighted by Gasteiger charge is 2.20. The molecule has 0 bridgehead atoms. The molecule has 0 unspecified atom stereocenters. The van der Waals surface area contributed by atoms with E-state index in [2.05, 4.69) is 4.90 Å². The van der Waals surface area contributed by atoms with Crippen LogP contribution in [0.25, 0.3) is 0 Å². The molecule has 0 N–H and O–H groups in total. The summed E-state index contributed by atoms with van der Waals surface area (Å²) in [5.74, 6) is 1.17. The van der Waals surface area contributed by atoms with Crippen LogP contribution in [0.5, 0.6) is 11.5 Å². The van der Waals surface area contributed by atoms with Gasteiger partial charge in [0.2, 0.25) is 0 Å². The van der Waals surface area contributed by atoms with Crippen molar-refractivity contribution >= 4 is 5.91 Å². The third-order valence-corrected chi connectivity index (χ3v) is 4.76. The lowest BCUT2D eigenvalue weighted by Crippen LogP contribution is -2.36. The highest BCUT2D eigenvalue weighted by molar-refractivity contribution is 5.94. The fraction of sp³-hybridized carbons (Fsp3) is 0.409. The van der Waals surface area contributed by atoms with Gasteiger partial charge in [-0.3, -0.25) is 9.69 Å². The van der Waals surface area contributed by atoms with E-state index in [-0.39, 0.29) is 11.7 Å². The summed E-state index contributed by atoms with van der Waals surface area (Å²) in [6.07, 6.45) is 0.893. The lowest BCUT2D eigenvalue weighted by Gasteiger charge is -2.22. The van der Waals surface area contributed by atoms with E-state index < -0.39 is 0 Å². The average Bonchev–Trinajstić information content (AvgIpc) is 2.95. The number of halogens is 1. The van der Waals surface area contributed by atoms with Crippen LogP contribution in [-0.4, -0.2) is 61.6 Å². The number of ether oxygens (including phenoxy) is 2. The van der Waals surface area contributed by atoms with Gasteiger partial charge in [0, 0.05) is 38.3 Å². The fourth-order valence-electron chi connectivity index (χ4n) is 3.29. The second-order valence-corrected chi connectivity index (χ2v) is 6.75. The van der Waals surface area contributed by atoms with E-state index in [1.807, 2.05) is 36.1 Å². The van der Waals surface area contributed by atoms with Crippen molar-refractivity contribution in [1.29, 1.82) is 0 Å². The number of amides is 1. The van der Waals surface area contributed by atoms with Gasteiger partial charge < -0.3 is 14.4 Å². The Bertz CT molecular complexity index is 767. The van der Waals surface area contributed by atoms with Crippen LogP contribution in [0, 0.1) is 5.82 Å². The minimum absolute atomic E-state index is 0.105. The monoisotopic (exact) mass is 386 g/mol. The molecule has 3 rings (SSSR count). The molecule has 1 aliphatic heterocycles. The topological polar surface area (TPSA) is 42.0 Å². The van der Waals surface area contributed by atoms with E-state index in [0.717, 1.165) is 37.6 Å². The summed E-state index contributed by atoms with van der Waals surface area (Å²) in [5.41, 5.74) is 0.410. The molecule has 1 fully saturated rings. The Morgan fingerprint density at radius 3 is 2.46 bits per heavy atom. The summed E-state index contributed by atoms with van der Waals surface area (Å²) < 4.78 is 24.6. The van der Waals surface area contributed by atoms with Crippen LogP contribution < -0.4 is 9.47 Å². The molecular weight excluding hydrogens is 359 g/mol. The Kier molecular flexibility index (Phi) is 7.25. The highest BCUT2D eigenvalue weighted by atomic mass is 19.1. The molecule has 2 aromatic carbocycles. The van der Waals surface area contributed by atoms with E-state index >= 15 is 0 Å². The maximum atomic E-state index is 13.4. The van der Waals surface area contributed by atoms with Crippen LogP contribution in [0.3, 0.4) is 0 Å². The SMILES string of the molecule is CCOc1ccc(OCCN2CCCN(C(=O)c3cccc(F)c3)CC2)cc1. The van der Waals surface area contributed by atoms with Gasteiger partial charge in [0.05, 0.1) is 6.61 Å². The lowest BCUT2D eigenvalue weighted by molar-refractivity contribution is 0.0760. The number of benzene rings is 2. The second-order valence-electron chi connectivity index (χ2n) is 6.75. The summed E-state index contributed by atoms with van der Waals surface area (Å²) in [6, 6.07) is 13.5. The predicted octanol–water partition coefficient (Wildman–Crippen LogP) is 3.45. The van der Waals surface area contributed by atoms with E-state index in [9.17, 15) is 9.18 Å². The van der Waals surface area contributed by atoms with Gasteiger partial charge in [0.1, 0.15) is 23.9 Å². The van der Waals surface area contributed by atoms with Crippen LogP contribution in [0.1, 0.15) is 23.7 Å². The zero-order valence-corrected chi connectivity index (χ0v) is 16.3. The minimum Gasteiger partial charge on any atom is -0.494 e. The van der Waals surface area contributed by atoms with Crippen LogP contribution in [0.4, 0.5) is 4.39 Å². The zero-order valence-electron chi connectivity index (χ0n) is 16.3. The number of hydrogen-bond acceptors (Lipinski definition) is 4. The molecule has 2 aromatic rings. The van der Waals surface area contributed by atoms with Crippen molar-refractivity contribution in [2.24, 2.45) is 0 Å². The predicted molar refractivity (Wildman–Crippen MR) is 106 cm³/mol. The Balaban J connectivity index is 1.44. The summed E-state index contributed by atoms with van der Waals surface area (Å²) >= 11 is 0. The lowest BCUT2D eigenvalue weighted by atomic mass is 10.2. The molecule has 1 aliphatic rings. The number of hydrogen-bond donors (Lipinski definition) is 0. The third-order valence-electron chi connectivity index (χ3n) is 4.76. The van der Waals surface area contributed by atoms with E-state index in [1.54, 1.807) is 12.1 Å². The Morgan fingerprint density at radius 1 is 1.00 bits per heavy atom. The molecule has 150 valence electrons. The van der Waals surface area contributed by atoms with Gasteiger partial charge in [-0.1, -0.05) is 6.07 Å². The van der Waals surface area contributed by atoms with Crippen molar-refractivity contribution in [3.8, 4) is 11.5 Å². The molecule has 0 radical (unpaired) electrons. The van der Waals surface area contributed by atoms with Crippen LogP contribution in [0.15, 0.2) is 48.5 Å². The Labute approximate surface area is 165 Å². The fourth-order valence-corrected chi connectivity index (χ4v) is 3.29. The minimum atomic E-state index is -0.381.